The van der Waals surface area contributed by atoms with Crippen molar-refractivity contribution < 1.29 is 13.2 Å². The van der Waals surface area contributed by atoms with Gasteiger partial charge in [-0.3, -0.25) is 4.72 Å². The molecule has 0 aliphatic rings. The van der Waals surface area contributed by atoms with Gasteiger partial charge < -0.3 is 4.74 Å². The summed E-state index contributed by atoms with van der Waals surface area (Å²) in [6, 6.07) is 9.37. The topological polar surface area (TPSA) is 55.4 Å². The third-order valence-corrected chi connectivity index (χ3v) is 5.52. The van der Waals surface area contributed by atoms with Crippen LogP contribution < -0.4 is 9.46 Å². The highest BCUT2D eigenvalue weighted by Gasteiger charge is 2.17. The molecule has 0 aromatic heterocycles. The Balaban J connectivity index is 2.38. The minimum atomic E-state index is -3.72. The van der Waals surface area contributed by atoms with Gasteiger partial charge in [-0.05, 0) is 68.3 Å². The maximum absolute atomic E-state index is 12.4. The molecule has 0 spiro atoms. The fourth-order valence-corrected chi connectivity index (χ4v) is 4.03. The molecule has 0 aliphatic heterocycles. The van der Waals surface area contributed by atoms with Gasteiger partial charge in [-0.15, -0.1) is 0 Å². The highest BCUT2D eigenvalue weighted by atomic mass is 79.9. The van der Waals surface area contributed by atoms with Crippen molar-refractivity contribution in [2.45, 2.75) is 4.90 Å². The Morgan fingerprint density at radius 2 is 1.81 bits per heavy atom. The zero-order chi connectivity index (χ0) is 15.6. The Kier molecular flexibility index (Phi) is 5.19. The summed E-state index contributed by atoms with van der Waals surface area (Å²) in [5, 5.41) is 0.437. The molecule has 2 aromatic carbocycles. The van der Waals surface area contributed by atoms with Gasteiger partial charge in [0.05, 0.1) is 22.2 Å². The quantitative estimate of drug-likeness (QED) is 0.729. The van der Waals surface area contributed by atoms with Crippen LogP contribution in [-0.4, -0.2) is 15.5 Å². The smallest absolute Gasteiger partial charge is 0.261 e. The lowest BCUT2D eigenvalue weighted by Gasteiger charge is -2.11. The van der Waals surface area contributed by atoms with Gasteiger partial charge >= 0.3 is 0 Å². The molecule has 0 heterocycles. The molecule has 2 aromatic rings. The molecule has 0 radical (unpaired) electrons. The highest BCUT2D eigenvalue weighted by Crippen LogP contribution is 2.31. The molecule has 0 fully saturated rings. The standard InChI is InChI=1S/C13H10Br2ClNO3S/c1-20-13-5-3-9(7-11(13)15)21(18,19)17-12-6-8(16)2-4-10(12)14/h2-7,17H,1H3. The van der Waals surface area contributed by atoms with Crippen molar-refractivity contribution >= 4 is 59.2 Å². The molecule has 0 bridgehead atoms. The van der Waals surface area contributed by atoms with E-state index in [1.807, 2.05) is 0 Å². The average molecular weight is 456 g/mol. The molecule has 0 unspecified atom stereocenters. The van der Waals surface area contributed by atoms with Crippen molar-refractivity contribution in [1.82, 2.24) is 0 Å². The molecule has 0 amide bonds. The van der Waals surface area contributed by atoms with Crippen LogP contribution in [0.5, 0.6) is 5.75 Å². The second kappa shape index (κ2) is 6.56. The minimum absolute atomic E-state index is 0.113. The maximum atomic E-state index is 12.4. The Bertz CT molecular complexity index is 781. The van der Waals surface area contributed by atoms with Gasteiger partial charge in [0.15, 0.2) is 0 Å². The number of methoxy groups -OCH3 is 1. The van der Waals surface area contributed by atoms with Gasteiger partial charge in [0, 0.05) is 9.50 Å². The first-order chi connectivity index (χ1) is 9.83. The molecule has 0 atom stereocenters. The first-order valence-electron chi connectivity index (χ1n) is 5.65. The van der Waals surface area contributed by atoms with E-state index in [1.54, 1.807) is 18.2 Å². The van der Waals surface area contributed by atoms with Gasteiger partial charge in [0.2, 0.25) is 0 Å². The van der Waals surface area contributed by atoms with Gasteiger partial charge in [0.1, 0.15) is 5.75 Å². The van der Waals surface area contributed by atoms with Crippen LogP contribution in [0, 0.1) is 0 Å². The van der Waals surface area contributed by atoms with Crippen molar-refractivity contribution in [3.63, 3.8) is 0 Å². The molecule has 1 N–H and O–H groups in total. The second-order valence-electron chi connectivity index (χ2n) is 4.03. The number of anilines is 1. The number of hydrogen-bond acceptors (Lipinski definition) is 3. The lowest BCUT2D eigenvalue weighted by molar-refractivity contribution is 0.411. The van der Waals surface area contributed by atoms with Gasteiger partial charge in [-0.25, -0.2) is 8.42 Å². The van der Waals surface area contributed by atoms with E-state index in [4.69, 9.17) is 16.3 Å². The summed E-state index contributed by atoms with van der Waals surface area (Å²) in [5.74, 6) is 0.554. The van der Waals surface area contributed by atoms with E-state index in [0.29, 0.717) is 25.4 Å². The zero-order valence-electron chi connectivity index (χ0n) is 10.7. The largest absolute Gasteiger partial charge is 0.496 e. The number of benzene rings is 2. The van der Waals surface area contributed by atoms with Gasteiger partial charge in [-0.2, -0.15) is 0 Å². The molecular weight excluding hydrogens is 445 g/mol. The van der Waals surface area contributed by atoms with Crippen LogP contribution in [0.15, 0.2) is 50.2 Å². The second-order valence-corrected chi connectivity index (χ2v) is 7.85. The molecule has 8 heteroatoms. The third-order valence-electron chi connectivity index (χ3n) is 2.61. The van der Waals surface area contributed by atoms with Crippen molar-refractivity contribution in [2.75, 3.05) is 11.8 Å². The molecule has 2 rings (SSSR count). The van der Waals surface area contributed by atoms with Gasteiger partial charge in [-0.1, -0.05) is 11.6 Å². The van der Waals surface area contributed by atoms with Crippen LogP contribution >= 0.6 is 43.5 Å². The van der Waals surface area contributed by atoms with Crippen molar-refractivity contribution in [2.24, 2.45) is 0 Å². The summed E-state index contributed by atoms with van der Waals surface area (Å²) in [5.41, 5.74) is 0.370. The van der Waals surface area contributed by atoms with E-state index >= 15 is 0 Å². The van der Waals surface area contributed by atoms with Crippen LogP contribution in [0.2, 0.25) is 5.02 Å². The van der Waals surface area contributed by atoms with E-state index in [-0.39, 0.29) is 4.90 Å². The average Bonchev–Trinajstić information content (AvgIpc) is 2.42. The van der Waals surface area contributed by atoms with Crippen LogP contribution in [0.1, 0.15) is 0 Å². The van der Waals surface area contributed by atoms with E-state index in [9.17, 15) is 8.42 Å². The van der Waals surface area contributed by atoms with Crippen LogP contribution in [0.25, 0.3) is 0 Å². The molecule has 4 nitrogen and oxygen atoms in total. The lowest BCUT2D eigenvalue weighted by Crippen LogP contribution is -2.13. The fourth-order valence-electron chi connectivity index (χ4n) is 1.59. The first-order valence-corrected chi connectivity index (χ1v) is 9.09. The molecular formula is C13H10Br2ClNO3S. The summed E-state index contributed by atoms with van der Waals surface area (Å²) in [6.45, 7) is 0. The fraction of sp³-hybridized carbons (Fsp3) is 0.0769. The van der Waals surface area contributed by atoms with Crippen LogP contribution in [0.3, 0.4) is 0 Å². The number of sulfonamides is 1. The predicted molar refractivity (Wildman–Crippen MR) is 90.7 cm³/mol. The highest BCUT2D eigenvalue weighted by molar-refractivity contribution is 9.11. The predicted octanol–water partition coefficient (Wildman–Crippen LogP) is 4.67. The normalized spacial score (nSPS) is 11.2. The summed E-state index contributed by atoms with van der Waals surface area (Å²) in [6.07, 6.45) is 0. The number of ether oxygens (including phenoxy) is 1. The van der Waals surface area contributed by atoms with E-state index in [0.717, 1.165) is 0 Å². The van der Waals surface area contributed by atoms with Gasteiger partial charge in [0.25, 0.3) is 10.0 Å². The SMILES string of the molecule is COc1ccc(S(=O)(=O)Nc2cc(Cl)ccc2Br)cc1Br. The van der Waals surface area contributed by atoms with Crippen LogP contribution in [0.4, 0.5) is 5.69 Å². The van der Waals surface area contributed by atoms with Crippen molar-refractivity contribution in [1.29, 1.82) is 0 Å². The molecule has 0 saturated carbocycles. The van der Waals surface area contributed by atoms with E-state index in [1.165, 1.54) is 25.3 Å². The summed E-state index contributed by atoms with van der Waals surface area (Å²) in [7, 11) is -2.21. The number of rotatable bonds is 4. The summed E-state index contributed by atoms with van der Waals surface area (Å²) >= 11 is 12.4. The van der Waals surface area contributed by atoms with E-state index in [2.05, 4.69) is 36.6 Å². The first kappa shape index (κ1) is 16.6. The van der Waals surface area contributed by atoms with Crippen molar-refractivity contribution in [3.05, 3.63) is 50.4 Å². The Morgan fingerprint density at radius 1 is 1.10 bits per heavy atom. The Labute approximate surface area is 144 Å². The zero-order valence-corrected chi connectivity index (χ0v) is 15.5. The number of halogens is 3. The van der Waals surface area contributed by atoms with Crippen molar-refractivity contribution in [3.8, 4) is 5.75 Å². The van der Waals surface area contributed by atoms with E-state index < -0.39 is 10.0 Å². The maximum Gasteiger partial charge on any atom is 0.261 e. The molecule has 112 valence electrons. The number of nitrogens with one attached hydrogen (secondary N) is 1. The van der Waals surface area contributed by atoms with Crippen LogP contribution in [-0.2, 0) is 10.0 Å². The lowest BCUT2D eigenvalue weighted by atomic mass is 10.3. The summed E-state index contributed by atoms with van der Waals surface area (Å²) in [4.78, 5) is 0.113. The molecule has 21 heavy (non-hydrogen) atoms. The monoisotopic (exact) mass is 453 g/mol. The number of hydrogen-bond donors (Lipinski definition) is 1. The minimum Gasteiger partial charge on any atom is -0.496 e. The molecule has 0 aliphatic carbocycles. The third kappa shape index (κ3) is 3.91. The molecule has 0 saturated heterocycles. The Morgan fingerprint density at radius 3 is 2.43 bits per heavy atom. The summed E-state index contributed by atoms with van der Waals surface area (Å²) < 4.78 is 33.5. The Hall–Kier alpha value is -0.760.